The van der Waals surface area contributed by atoms with Crippen LogP contribution in [0, 0.1) is 0 Å². The lowest BCUT2D eigenvalue weighted by molar-refractivity contribution is -0.123. The molecule has 4 heteroatoms. The van der Waals surface area contributed by atoms with Gasteiger partial charge in [0.1, 0.15) is 0 Å². The first kappa shape index (κ1) is 10.5. The van der Waals surface area contributed by atoms with E-state index in [1.807, 2.05) is 0 Å². The summed E-state index contributed by atoms with van der Waals surface area (Å²) >= 11 is 0. The number of rotatable bonds is 5. The molecule has 0 aromatic rings. The van der Waals surface area contributed by atoms with Crippen molar-refractivity contribution in [1.82, 2.24) is 5.32 Å². The van der Waals surface area contributed by atoms with Crippen LogP contribution in [0.1, 0.15) is 32.1 Å². The van der Waals surface area contributed by atoms with Crippen molar-refractivity contribution in [2.75, 3.05) is 6.61 Å². The number of aliphatic hydroxyl groups excluding tert-OH is 2. The molecule has 0 aliphatic heterocycles. The minimum atomic E-state index is -0.220. The van der Waals surface area contributed by atoms with E-state index in [0.29, 0.717) is 25.7 Å². The van der Waals surface area contributed by atoms with Crippen molar-refractivity contribution in [3.8, 4) is 0 Å². The van der Waals surface area contributed by atoms with Crippen LogP contribution in [-0.2, 0) is 4.79 Å². The highest BCUT2D eigenvalue weighted by Gasteiger charge is 2.27. The van der Waals surface area contributed by atoms with Gasteiger partial charge in [0.15, 0.2) is 0 Å². The normalized spacial score (nSPS) is 26.6. The van der Waals surface area contributed by atoms with Gasteiger partial charge in [-0.3, -0.25) is 4.79 Å². The Kier molecular flexibility index (Phi) is 4.18. The standard InChI is InChI=1S/C9H17NO3/c11-4-2-1-3-9(13)10-7-5-8(12)6-7/h7-8,11-12H,1-6H2,(H,10,13). The van der Waals surface area contributed by atoms with E-state index in [1.165, 1.54) is 0 Å². The van der Waals surface area contributed by atoms with Crippen LogP contribution in [0.15, 0.2) is 0 Å². The van der Waals surface area contributed by atoms with E-state index in [4.69, 9.17) is 10.2 Å². The zero-order chi connectivity index (χ0) is 9.68. The van der Waals surface area contributed by atoms with Gasteiger partial charge in [-0.15, -0.1) is 0 Å². The summed E-state index contributed by atoms with van der Waals surface area (Å²) in [6.07, 6.45) is 3.05. The second-order valence-corrected chi connectivity index (χ2v) is 3.57. The Hall–Kier alpha value is -0.610. The Balaban J connectivity index is 1.98. The molecule has 1 rings (SSSR count). The minimum absolute atomic E-state index is 0.0327. The number of aliphatic hydroxyl groups is 2. The van der Waals surface area contributed by atoms with Gasteiger partial charge in [0.25, 0.3) is 0 Å². The third-order valence-corrected chi connectivity index (χ3v) is 2.29. The van der Waals surface area contributed by atoms with Crippen molar-refractivity contribution in [1.29, 1.82) is 0 Å². The molecule has 1 aliphatic rings. The van der Waals surface area contributed by atoms with Crippen molar-refractivity contribution < 1.29 is 15.0 Å². The molecule has 0 aromatic heterocycles. The van der Waals surface area contributed by atoms with Crippen LogP contribution in [0.2, 0.25) is 0 Å². The average Bonchev–Trinajstić information content (AvgIpc) is 2.02. The number of nitrogens with one attached hydrogen (secondary N) is 1. The molecule has 0 radical (unpaired) electrons. The molecule has 1 fully saturated rings. The third-order valence-electron chi connectivity index (χ3n) is 2.29. The van der Waals surface area contributed by atoms with Crippen LogP contribution in [-0.4, -0.2) is 34.9 Å². The molecule has 1 aliphatic carbocycles. The third kappa shape index (κ3) is 3.74. The lowest BCUT2D eigenvalue weighted by atomic mass is 9.89. The first-order chi connectivity index (χ1) is 6.22. The number of carbonyl (C=O) groups excluding carboxylic acids is 1. The predicted molar refractivity (Wildman–Crippen MR) is 48.1 cm³/mol. The van der Waals surface area contributed by atoms with E-state index >= 15 is 0 Å². The van der Waals surface area contributed by atoms with Crippen molar-refractivity contribution >= 4 is 5.91 Å². The van der Waals surface area contributed by atoms with Crippen molar-refractivity contribution in [3.63, 3.8) is 0 Å². The van der Waals surface area contributed by atoms with Gasteiger partial charge in [0.2, 0.25) is 5.91 Å². The first-order valence-corrected chi connectivity index (χ1v) is 4.80. The van der Waals surface area contributed by atoms with Gasteiger partial charge >= 0.3 is 0 Å². The van der Waals surface area contributed by atoms with Crippen LogP contribution in [0.25, 0.3) is 0 Å². The monoisotopic (exact) mass is 187 g/mol. The second-order valence-electron chi connectivity index (χ2n) is 3.57. The summed E-state index contributed by atoms with van der Waals surface area (Å²) in [7, 11) is 0. The van der Waals surface area contributed by atoms with Gasteiger partial charge < -0.3 is 15.5 Å². The zero-order valence-corrected chi connectivity index (χ0v) is 7.70. The molecule has 13 heavy (non-hydrogen) atoms. The fourth-order valence-corrected chi connectivity index (χ4v) is 1.40. The largest absolute Gasteiger partial charge is 0.396 e. The SMILES string of the molecule is O=C(CCCCO)NC1CC(O)C1. The quantitative estimate of drug-likeness (QED) is 0.521. The van der Waals surface area contributed by atoms with E-state index in [-0.39, 0.29) is 24.7 Å². The summed E-state index contributed by atoms with van der Waals surface area (Å²) in [6.45, 7) is 0.148. The van der Waals surface area contributed by atoms with Crippen LogP contribution >= 0.6 is 0 Å². The molecule has 0 atom stereocenters. The molecule has 1 amide bonds. The summed E-state index contributed by atoms with van der Waals surface area (Å²) in [5, 5.41) is 20.3. The molecule has 1 saturated carbocycles. The summed E-state index contributed by atoms with van der Waals surface area (Å²) in [4.78, 5) is 11.2. The highest BCUT2D eigenvalue weighted by molar-refractivity contribution is 5.76. The zero-order valence-electron chi connectivity index (χ0n) is 7.70. The Morgan fingerprint density at radius 2 is 2.08 bits per heavy atom. The van der Waals surface area contributed by atoms with E-state index < -0.39 is 0 Å². The van der Waals surface area contributed by atoms with Crippen molar-refractivity contribution in [2.24, 2.45) is 0 Å². The minimum Gasteiger partial charge on any atom is -0.396 e. The maximum absolute atomic E-state index is 11.2. The number of amides is 1. The molecule has 0 unspecified atom stereocenters. The summed E-state index contributed by atoms with van der Waals surface area (Å²) < 4.78 is 0. The molecule has 0 bridgehead atoms. The summed E-state index contributed by atoms with van der Waals surface area (Å²) in [6, 6.07) is 0.177. The average molecular weight is 187 g/mol. The Morgan fingerprint density at radius 1 is 1.38 bits per heavy atom. The Bertz CT molecular complexity index is 166. The number of unbranched alkanes of at least 4 members (excludes halogenated alkanes) is 1. The van der Waals surface area contributed by atoms with Crippen molar-refractivity contribution in [2.45, 2.75) is 44.2 Å². The lowest BCUT2D eigenvalue weighted by Gasteiger charge is -2.31. The van der Waals surface area contributed by atoms with Crippen LogP contribution < -0.4 is 5.32 Å². The molecular formula is C9H17NO3. The molecule has 76 valence electrons. The maximum Gasteiger partial charge on any atom is 0.220 e. The molecule has 0 spiro atoms. The van der Waals surface area contributed by atoms with E-state index in [2.05, 4.69) is 5.32 Å². The van der Waals surface area contributed by atoms with Gasteiger partial charge in [-0.25, -0.2) is 0 Å². The highest BCUT2D eigenvalue weighted by atomic mass is 16.3. The van der Waals surface area contributed by atoms with Gasteiger partial charge in [0, 0.05) is 19.1 Å². The van der Waals surface area contributed by atoms with E-state index in [0.717, 1.165) is 6.42 Å². The molecule has 3 N–H and O–H groups in total. The smallest absolute Gasteiger partial charge is 0.220 e. The van der Waals surface area contributed by atoms with Crippen LogP contribution in [0.4, 0.5) is 0 Å². The molecule has 0 aromatic carbocycles. The summed E-state index contributed by atoms with van der Waals surface area (Å²) in [5.41, 5.74) is 0. The van der Waals surface area contributed by atoms with E-state index in [1.54, 1.807) is 0 Å². The van der Waals surface area contributed by atoms with Crippen LogP contribution in [0.3, 0.4) is 0 Å². The number of hydrogen-bond acceptors (Lipinski definition) is 3. The fraction of sp³-hybridized carbons (Fsp3) is 0.889. The maximum atomic E-state index is 11.2. The predicted octanol–water partition coefficient (Wildman–Crippen LogP) is -0.212. The van der Waals surface area contributed by atoms with Gasteiger partial charge in [0.05, 0.1) is 6.10 Å². The summed E-state index contributed by atoms with van der Waals surface area (Å²) in [5.74, 6) is 0.0327. The highest BCUT2D eigenvalue weighted by Crippen LogP contribution is 2.19. The van der Waals surface area contributed by atoms with Crippen molar-refractivity contribution in [3.05, 3.63) is 0 Å². The molecule has 0 saturated heterocycles. The molecular weight excluding hydrogens is 170 g/mol. The van der Waals surface area contributed by atoms with Gasteiger partial charge in [-0.05, 0) is 25.7 Å². The Labute approximate surface area is 78.0 Å². The lowest BCUT2D eigenvalue weighted by Crippen LogP contribution is -2.46. The Morgan fingerprint density at radius 3 is 2.62 bits per heavy atom. The fourth-order valence-electron chi connectivity index (χ4n) is 1.40. The number of carbonyl (C=O) groups is 1. The molecule has 4 nitrogen and oxygen atoms in total. The van der Waals surface area contributed by atoms with Crippen LogP contribution in [0.5, 0.6) is 0 Å². The first-order valence-electron chi connectivity index (χ1n) is 4.80. The second kappa shape index (κ2) is 5.19. The van der Waals surface area contributed by atoms with Gasteiger partial charge in [-0.1, -0.05) is 0 Å². The topological polar surface area (TPSA) is 69.6 Å². The van der Waals surface area contributed by atoms with E-state index in [9.17, 15) is 4.79 Å². The van der Waals surface area contributed by atoms with Gasteiger partial charge in [-0.2, -0.15) is 0 Å². The molecule has 0 heterocycles. The number of hydrogen-bond donors (Lipinski definition) is 3.